The quantitative estimate of drug-likeness (QED) is 0.222. The molecule has 0 bridgehead atoms. The van der Waals surface area contributed by atoms with Crippen LogP contribution in [0.1, 0.15) is 39.6 Å². The van der Waals surface area contributed by atoms with Crippen LogP contribution >= 0.6 is 0 Å². The van der Waals surface area contributed by atoms with Gasteiger partial charge in [0, 0.05) is 0 Å². The Bertz CT molecular complexity index is 1350. The van der Waals surface area contributed by atoms with Gasteiger partial charge in [0.1, 0.15) is 13.2 Å². The third kappa shape index (κ3) is 8.23. The molecule has 1 N–H and O–H groups in total. The van der Waals surface area contributed by atoms with E-state index in [0.29, 0.717) is 29.2 Å². The SMILES string of the molecule is CCC(COCc1cc(OC)c(OC)c(OC)c1)(COC(=O)c1ccccc1)COC(=O)c1cc(O)c(OC)c(OC)c1. The molecule has 0 aliphatic rings. The Morgan fingerprint density at radius 1 is 0.674 bits per heavy atom. The Balaban J connectivity index is 1.81. The van der Waals surface area contributed by atoms with E-state index in [1.54, 1.807) is 42.5 Å². The molecular formula is C32H38O11. The maximum Gasteiger partial charge on any atom is 0.338 e. The van der Waals surface area contributed by atoms with Gasteiger partial charge in [0.25, 0.3) is 0 Å². The van der Waals surface area contributed by atoms with Crippen LogP contribution in [0.5, 0.6) is 34.5 Å². The van der Waals surface area contributed by atoms with E-state index in [9.17, 15) is 14.7 Å². The molecule has 232 valence electrons. The molecular weight excluding hydrogens is 560 g/mol. The van der Waals surface area contributed by atoms with E-state index < -0.39 is 17.4 Å². The van der Waals surface area contributed by atoms with Gasteiger partial charge in [0.15, 0.2) is 23.0 Å². The topological polar surface area (TPSA) is 128 Å². The first-order valence-corrected chi connectivity index (χ1v) is 13.5. The third-order valence-electron chi connectivity index (χ3n) is 6.87. The fourth-order valence-electron chi connectivity index (χ4n) is 4.28. The standard InChI is InChI=1S/C32H38O11/c1-7-32(19-42-30(34)22-11-9-8-10-12-22,18-41-17-21-13-25(36-2)29(40-6)26(14-21)37-3)20-43-31(35)23-15-24(33)28(39-5)27(16-23)38-4/h8-16,33H,7,17-20H2,1-6H3. The summed E-state index contributed by atoms with van der Waals surface area (Å²) in [5, 5.41) is 10.3. The minimum atomic E-state index is -0.903. The van der Waals surface area contributed by atoms with Crippen molar-refractivity contribution in [3.8, 4) is 34.5 Å². The van der Waals surface area contributed by atoms with E-state index in [1.807, 2.05) is 6.92 Å². The highest BCUT2D eigenvalue weighted by Crippen LogP contribution is 2.39. The Labute approximate surface area is 251 Å². The van der Waals surface area contributed by atoms with E-state index in [4.69, 9.17) is 37.9 Å². The lowest BCUT2D eigenvalue weighted by atomic mass is 9.88. The molecule has 0 saturated heterocycles. The van der Waals surface area contributed by atoms with Crippen LogP contribution in [0.25, 0.3) is 0 Å². The first-order valence-electron chi connectivity index (χ1n) is 13.5. The molecule has 3 aromatic carbocycles. The third-order valence-corrected chi connectivity index (χ3v) is 6.87. The number of ether oxygens (including phenoxy) is 8. The van der Waals surface area contributed by atoms with Gasteiger partial charge in [0.2, 0.25) is 11.5 Å². The molecule has 0 fully saturated rings. The van der Waals surface area contributed by atoms with Crippen LogP contribution in [0.4, 0.5) is 0 Å². The summed E-state index contributed by atoms with van der Waals surface area (Å²) >= 11 is 0. The van der Waals surface area contributed by atoms with Gasteiger partial charge in [0.05, 0.1) is 65.3 Å². The van der Waals surface area contributed by atoms with E-state index in [0.717, 1.165) is 5.56 Å². The number of hydrogen-bond donors (Lipinski definition) is 1. The highest BCUT2D eigenvalue weighted by Gasteiger charge is 2.34. The number of phenols is 1. The molecule has 3 aromatic rings. The van der Waals surface area contributed by atoms with Crippen molar-refractivity contribution >= 4 is 11.9 Å². The zero-order chi connectivity index (χ0) is 31.4. The fraction of sp³-hybridized carbons (Fsp3) is 0.375. The predicted molar refractivity (Wildman–Crippen MR) is 157 cm³/mol. The molecule has 0 saturated carbocycles. The molecule has 1 atom stereocenters. The van der Waals surface area contributed by atoms with Gasteiger partial charge in [-0.2, -0.15) is 0 Å². The molecule has 0 aromatic heterocycles. The lowest BCUT2D eigenvalue weighted by Crippen LogP contribution is -2.38. The second kappa shape index (κ2) is 15.5. The van der Waals surface area contributed by atoms with Gasteiger partial charge in [-0.05, 0) is 48.4 Å². The lowest BCUT2D eigenvalue weighted by Gasteiger charge is -2.31. The molecule has 43 heavy (non-hydrogen) atoms. The average Bonchev–Trinajstić information content (AvgIpc) is 3.04. The van der Waals surface area contributed by atoms with Gasteiger partial charge >= 0.3 is 11.9 Å². The second-order valence-corrected chi connectivity index (χ2v) is 9.63. The molecule has 0 aliphatic heterocycles. The van der Waals surface area contributed by atoms with E-state index in [-0.39, 0.29) is 49.2 Å². The van der Waals surface area contributed by atoms with E-state index >= 15 is 0 Å². The minimum Gasteiger partial charge on any atom is -0.504 e. The van der Waals surface area contributed by atoms with Gasteiger partial charge in [-0.25, -0.2) is 9.59 Å². The molecule has 3 rings (SSSR count). The van der Waals surface area contributed by atoms with E-state index in [2.05, 4.69) is 0 Å². The zero-order valence-corrected chi connectivity index (χ0v) is 25.3. The Hall–Kier alpha value is -4.64. The van der Waals surface area contributed by atoms with Gasteiger partial charge in [-0.15, -0.1) is 0 Å². The van der Waals surface area contributed by atoms with Crippen molar-refractivity contribution in [2.24, 2.45) is 5.41 Å². The van der Waals surface area contributed by atoms with Crippen LogP contribution in [0.15, 0.2) is 54.6 Å². The predicted octanol–water partition coefficient (Wildman–Crippen LogP) is 5.06. The van der Waals surface area contributed by atoms with Crippen molar-refractivity contribution in [1.29, 1.82) is 0 Å². The van der Waals surface area contributed by atoms with Crippen LogP contribution in [0.2, 0.25) is 0 Å². The van der Waals surface area contributed by atoms with Crippen molar-refractivity contribution in [3.63, 3.8) is 0 Å². The summed E-state index contributed by atoms with van der Waals surface area (Å²) in [6.45, 7) is 1.89. The maximum absolute atomic E-state index is 13.1. The molecule has 0 radical (unpaired) electrons. The first-order chi connectivity index (χ1) is 20.7. The van der Waals surface area contributed by atoms with E-state index in [1.165, 1.54) is 47.7 Å². The Morgan fingerprint density at radius 2 is 1.21 bits per heavy atom. The van der Waals surface area contributed by atoms with Crippen LogP contribution in [-0.4, -0.2) is 72.4 Å². The number of benzene rings is 3. The summed E-state index contributed by atoms with van der Waals surface area (Å²) < 4.78 is 44.1. The monoisotopic (exact) mass is 598 g/mol. The van der Waals surface area contributed by atoms with Crippen molar-refractivity contribution in [3.05, 3.63) is 71.3 Å². The lowest BCUT2D eigenvalue weighted by molar-refractivity contribution is -0.0526. The molecule has 11 heteroatoms. The fourth-order valence-corrected chi connectivity index (χ4v) is 4.28. The Morgan fingerprint density at radius 3 is 1.72 bits per heavy atom. The minimum absolute atomic E-state index is 0.0553. The highest BCUT2D eigenvalue weighted by atomic mass is 16.6. The number of methoxy groups -OCH3 is 5. The molecule has 11 nitrogen and oxygen atoms in total. The number of carbonyl (C=O) groups excluding carboxylic acids is 2. The molecule has 0 heterocycles. The van der Waals surface area contributed by atoms with Crippen molar-refractivity contribution in [1.82, 2.24) is 0 Å². The van der Waals surface area contributed by atoms with Crippen LogP contribution in [0, 0.1) is 5.41 Å². The second-order valence-electron chi connectivity index (χ2n) is 9.63. The van der Waals surface area contributed by atoms with Crippen molar-refractivity contribution in [2.45, 2.75) is 20.0 Å². The summed E-state index contributed by atoms with van der Waals surface area (Å²) in [6, 6.07) is 14.8. The molecule has 0 aliphatic carbocycles. The number of phenolic OH excluding ortho intramolecular Hbond substituents is 1. The number of hydrogen-bond acceptors (Lipinski definition) is 11. The molecule has 0 spiro atoms. The summed E-state index contributed by atoms with van der Waals surface area (Å²) in [4.78, 5) is 25.8. The van der Waals surface area contributed by atoms with Crippen molar-refractivity contribution < 1.29 is 52.6 Å². The average molecular weight is 599 g/mol. The Kier molecular flexibility index (Phi) is 11.9. The molecule has 1 unspecified atom stereocenters. The van der Waals surface area contributed by atoms with Gasteiger partial charge < -0.3 is 43.0 Å². The summed E-state index contributed by atoms with van der Waals surface area (Å²) in [7, 11) is 7.34. The molecule has 0 amide bonds. The first kappa shape index (κ1) is 32.9. The number of carbonyl (C=O) groups is 2. The van der Waals surface area contributed by atoms with Crippen molar-refractivity contribution in [2.75, 3.05) is 55.4 Å². The smallest absolute Gasteiger partial charge is 0.338 e. The van der Waals surface area contributed by atoms with Gasteiger partial charge in [-0.1, -0.05) is 25.1 Å². The highest BCUT2D eigenvalue weighted by molar-refractivity contribution is 5.91. The largest absolute Gasteiger partial charge is 0.504 e. The number of esters is 2. The summed E-state index contributed by atoms with van der Waals surface area (Å²) in [5.74, 6) is 0.166. The van der Waals surface area contributed by atoms with Crippen LogP contribution < -0.4 is 23.7 Å². The summed E-state index contributed by atoms with van der Waals surface area (Å²) in [6.07, 6.45) is 0.439. The number of aromatic hydroxyl groups is 1. The zero-order valence-electron chi connectivity index (χ0n) is 25.3. The van der Waals surface area contributed by atoms with Gasteiger partial charge in [-0.3, -0.25) is 0 Å². The maximum atomic E-state index is 13.1. The summed E-state index contributed by atoms with van der Waals surface area (Å²) in [5.41, 5.74) is 0.293. The number of rotatable bonds is 16. The van der Waals surface area contributed by atoms with Crippen LogP contribution in [0.3, 0.4) is 0 Å². The van der Waals surface area contributed by atoms with Crippen LogP contribution in [-0.2, 0) is 20.8 Å². The normalized spacial score (nSPS) is 12.0.